The summed E-state index contributed by atoms with van der Waals surface area (Å²) in [4.78, 5) is 2.21. The summed E-state index contributed by atoms with van der Waals surface area (Å²) in [6.45, 7) is 6.23. The number of hydrogen-bond donors (Lipinski definition) is 0. The van der Waals surface area contributed by atoms with Gasteiger partial charge in [0, 0.05) is 26.2 Å². The highest BCUT2D eigenvalue weighted by atomic mass is 32.2. The third-order valence-electron chi connectivity index (χ3n) is 6.73. The lowest BCUT2D eigenvalue weighted by molar-refractivity contribution is 0.367. The molecule has 2 aliphatic heterocycles. The summed E-state index contributed by atoms with van der Waals surface area (Å²) in [6, 6.07) is -0.0968. The van der Waals surface area contributed by atoms with E-state index < -0.39 is 19.9 Å². The highest BCUT2D eigenvalue weighted by Gasteiger charge is 2.36. The monoisotopic (exact) mass is 444 g/mol. The number of sulfone groups is 1. The van der Waals surface area contributed by atoms with Crippen molar-refractivity contribution in [1.82, 2.24) is 14.1 Å². The predicted molar refractivity (Wildman–Crippen MR) is 114 cm³/mol. The highest BCUT2D eigenvalue weighted by molar-refractivity contribution is 7.91. The quantitative estimate of drug-likeness (QED) is 0.701. The Kier molecular flexibility index (Phi) is 5.71. The molecule has 8 nitrogen and oxygen atoms in total. The van der Waals surface area contributed by atoms with Crippen LogP contribution in [0.1, 0.15) is 56.0 Å². The second kappa shape index (κ2) is 7.85. The first kappa shape index (κ1) is 21.1. The number of rotatable bonds is 4. The molecular formula is C19H32N4O4S2. The van der Waals surface area contributed by atoms with E-state index in [-0.39, 0.29) is 22.8 Å². The van der Waals surface area contributed by atoms with Crippen molar-refractivity contribution in [2.45, 2.75) is 63.7 Å². The van der Waals surface area contributed by atoms with E-state index >= 15 is 0 Å². The summed E-state index contributed by atoms with van der Waals surface area (Å²) in [5, 5.41) is 4.44. The van der Waals surface area contributed by atoms with Crippen molar-refractivity contribution in [3.8, 4) is 0 Å². The van der Waals surface area contributed by atoms with E-state index in [1.54, 1.807) is 4.31 Å². The van der Waals surface area contributed by atoms with Crippen molar-refractivity contribution in [1.29, 1.82) is 0 Å². The van der Waals surface area contributed by atoms with E-state index in [1.807, 2.05) is 18.5 Å². The summed E-state index contributed by atoms with van der Waals surface area (Å²) in [5.74, 6) is 0.380. The van der Waals surface area contributed by atoms with Crippen molar-refractivity contribution in [3.63, 3.8) is 0 Å². The van der Waals surface area contributed by atoms with Crippen LogP contribution in [0, 0.1) is 13.8 Å². The van der Waals surface area contributed by atoms with Crippen LogP contribution in [0.2, 0.25) is 0 Å². The molecule has 3 aliphatic rings. The van der Waals surface area contributed by atoms with Crippen molar-refractivity contribution < 1.29 is 16.8 Å². The molecular weight excluding hydrogens is 412 g/mol. The van der Waals surface area contributed by atoms with Gasteiger partial charge in [-0.25, -0.2) is 16.8 Å². The van der Waals surface area contributed by atoms with Gasteiger partial charge in [-0.1, -0.05) is 19.3 Å². The first-order valence-electron chi connectivity index (χ1n) is 10.7. The maximum Gasteiger partial charge on any atom is 0.217 e. The Bertz CT molecular complexity index is 957. The Morgan fingerprint density at radius 3 is 2.21 bits per heavy atom. The third-order valence-corrected chi connectivity index (χ3v) is 10.9. The SMILES string of the molecule is Cc1nn(C2CCS(=O)(=O)C2)c(C)c1N1CCN(S(=O)(=O)C2CCCCC2)CC1. The van der Waals surface area contributed by atoms with Crippen LogP contribution in [0.5, 0.6) is 0 Å². The van der Waals surface area contributed by atoms with E-state index in [9.17, 15) is 16.8 Å². The van der Waals surface area contributed by atoms with Gasteiger partial charge in [0.25, 0.3) is 0 Å². The zero-order chi connectivity index (χ0) is 20.8. The van der Waals surface area contributed by atoms with Crippen LogP contribution in [0.4, 0.5) is 5.69 Å². The molecule has 1 aliphatic carbocycles. The van der Waals surface area contributed by atoms with Gasteiger partial charge in [0.2, 0.25) is 10.0 Å². The van der Waals surface area contributed by atoms with E-state index in [0.29, 0.717) is 32.6 Å². The zero-order valence-corrected chi connectivity index (χ0v) is 19.0. The minimum absolute atomic E-state index is 0.0968. The molecule has 2 saturated heterocycles. The standard InChI is InChI=1S/C19H32N4O4S2/c1-15-19(16(2)23(20-15)17-8-13-28(24,25)14-17)21-9-11-22(12-10-21)29(26,27)18-6-4-3-5-7-18/h17-18H,3-14H2,1-2H3. The molecule has 3 heterocycles. The fourth-order valence-corrected chi connectivity index (χ4v) is 8.89. The molecule has 0 bridgehead atoms. The Balaban J connectivity index is 1.46. The molecule has 1 atom stereocenters. The molecule has 1 unspecified atom stereocenters. The minimum Gasteiger partial charge on any atom is -0.366 e. The van der Waals surface area contributed by atoms with Gasteiger partial charge in [-0.2, -0.15) is 9.40 Å². The van der Waals surface area contributed by atoms with E-state index in [4.69, 9.17) is 0 Å². The zero-order valence-electron chi connectivity index (χ0n) is 17.4. The Morgan fingerprint density at radius 1 is 0.966 bits per heavy atom. The molecule has 0 spiro atoms. The number of piperazine rings is 1. The van der Waals surface area contributed by atoms with Gasteiger partial charge in [-0.05, 0) is 33.1 Å². The maximum absolute atomic E-state index is 13.0. The van der Waals surface area contributed by atoms with Crippen LogP contribution in [0.3, 0.4) is 0 Å². The van der Waals surface area contributed by atoms with Gasteiger partial charge >= 0.3 is 0 Å². The maximum atomic E-state index is 13.0. The Morgan fingerprint density at radius 2 is 1.62 bits per heavy atom. The molecule has 1 aromatic rings. The summed E-state index contributed by atoms with van der Waals surface area (Å²) in [7, 11) is -6.18. The number of hydrogen-bond acceptors (Lipinski definition) is 6. The first-order valence-corrected chi connectivity index (χ1v) is 14.0. The normalized spacial score (nSPS) is 26.8. The second-order valence-electron chi connectivity index (χ2n) is 8.71. The van der Waals surface area contributed by atoms with Gasteiger partial charge < -0.3 is 4.90 Å². The Hall–Kier alpha value is -1.13. The molecule has 3 fully saturated rings. The lowest BCUT2D eigenvalue weighted by atomic mass is 10.0. The lowest BCUT2D eigenvalue weighted by Crippen LogP contribution is -2.51. The summed E-state index contributed by atoms with van der Waals surface area (Å²) in [5.41, 5.74) is 2.90. The topological polar surface area (TPSA) is 92.6 Å². The minimum atomic E-state index is -3.21. The molecule has 0 amide bonds. The van der Waals surface area contributed by atoms with Crippen LogP contribution < -0.4 is 4.90 Å². The second-order valence-corrected chi connectivity index (χ2v) is 13.2. The van der Waals surface area contributed by atoms with E-state index in [0.717, 1.165) is 49.2 Å². The fourth-order valence-electron chi connectivity index (χ4n) is 5.18. The van der Waals surface area contributed by atoms with Crippen molar-refractivity contribution >= 4 is 25.5 Å². The molecule has 1 aromatic heterocycles. The van der Waals surface area contributed by atoms with Gasteiger partial charge in [-0.15, -0.1) is 0 Å². The lowest BCUT2D eigenvalue weighted by Gasteiger charge is -2.37. The molecule has 0 aromatic carbocycles. The average Bonchev–Trinajstić information content (AvgIpc) is 3.20. The van der Waals surface area contributed by atoms with E-state index in [1.165, 1.54) is 0 Å². The van der Waals surface area contributed by atoms with Crippen molar-refractivity contribution in [2.75, 3.05) is 42.6 Å². The number of anilines is 1. The molecule has 1 saturated carbocycles. The van der Waals surface area contributed by atoms with Crippen molar-refractivity contribution in [3.05, 3.63) is 11.4 Å². The third kappa shape index (κ3) is 4.07. The number of sulfonamides is 1. The molecule has 4 rings (SSSR count). The van der Waals surface area contributed by atoms with Gasteiger partial charge in [0.05, 0.1) is 39.9 Å². The van der Waals surface area contributed by atoms with Crippen LogP contribution in [-0.2, 0) is 19.9 Å². The van der Waals surface area contributed by atoms with E-state index in [2.05, 4.69) is 10.00 Å². The summed E-state index contributed by atoms with van der Waals surface area (Å²) in [6.07, 6.45) is 5.36. The van der Waals surface area contributed by atoms with Gasteiger partial charge in [0.15, 0.2) is 9.84 Å². The van der Waals surface area contributed by atoms with Crippen molar-refractivity contribution in [2.24, 2.45) is 0 Å². The van der Waals surface area contributed by atoms with Crippen LogP contribution in [0.25, 0.3) is 0 Å². The number of nitrogens with zero attached hydrogens (tertiary/aromatic N) is 4. The van der Waals surface area contributed by atoms with Crippen LogP contribution >= 0.6 is 0 Å². The predicted octanol–water partition coefficient (Wildman–Crippen LogP) is 1.64. The summed E-state index contributed by atoms with van der Waals surface area (Å²) >= 11 is 0. The van der Waals surface area contributed by atoms with Crippen LogP contribution in [0.15, 0.2) is 0 Å². The fraction of sp³-hybridized carbons (Fsp3) is 0.842. The highest BCUT2D eigenvalue weighted by Crippen LogP contribution is 2.33. The Labute approximate surface area is 174 Å². The number of aryl methyl sites for hydroxylation is 1. The molecule has 10 heteroatoms. The van der Waals surface area contributed by atoms with Gasteiger partial charge in [-0.3, -0.25) is 4.68 Å². The van der Waals surface area contributed by atoms with Crippen LogP contribution in [-0.4, -0.2) is 73.9 Å². The largest absolute Gasteiger partial charge is 0.366 e. The summed E-state index contributed by atoms with van der Waals surface area (Å²) < 4.78 is 53.3. The average molecular weight is 445 g/mol. The van der Waals surface area contributed by atoms with Gasteiger partial charge in [0.1, 0.15) is 0 Å². The smallest absolute Gasteiger partial charge is 0.217 e. The molecule has 0 radical (unpaired) electrons. The molecule has 0 N–H and O–H groups in total. The molecule has 164 valence electrons. The number of aromatic nitrogens is 2. The molecule has 29 heavy (non-hydrogen) atoms. The first-order chi connectivity index (χ1) is 13.7.